The zero-order valence-electron chi connectivity index (χ0n) is 17.8. The Hall–Kier alpha value is -3.29. The van der Waals surface area contributed by atoms with E-state index in [1.54, 1.807) is 7.11 Å². The smallest absolute Gasteiger partial charge is 0.318 e. The van der Waals surface area contributed by atoms with Gasteiger partial charge in [0.1, 0.15) is 11.6 Å². The van der Waals surface area contributed by atoms with E-state index in [0.717, 1.165) is 62.0 Å². The van der Waals surface area contributed by atoms with Crippen LogP contribution in [0.25, 0.3) is 0 Å². The number of piperazine rings is 1. The normalized spacial score (nSPS) is 17.6. The molecule has 0 saturated carbocycles. The lowest BCUT2D eigenvalue weighted by Crippen LogP contribution is -2.49. The highest BCUT2D eigenvalue weighted by atomic mass is 16.5. The lowest BCUT2D eigenvalue weighted by Gasteiger charge is -2.38. The minimum absolute atomic E-state index is 0.0183. The fourth-order valence-corrected chi connectivity index (χ4v) is 4.66. The Kier molecular flexibility index (Phi) is 5.13. The first-order chi connectivity index (χ1) is 15.2. The van der Waals surface area contributed by atoms with E-state index < -0.39 is 0 Å². The molecule has 0 N–H and O–H groups in total. The van der Waals surface area contributed by atoms with Gasteiger partial charge in [-0.3, -0.25) is 4.79 Å². The number of amides is 1. The Balaban J connectivity index is 1.42. The Bertz CT molecular complexity index is 1020. The lowest BCUT2D eigenvalue weighted by molar-refractivity contribution is -0.126. The summed E-state index contributed by atoms with van der Waals surface area (Å²) >= 11 is 0. The van der Waals surface area contributed by atoms with Gasteiger partial charge in [0.25, 0.3) is 0 Å². The molecule has 1 fully saturated rings. The number of rotatable bonds is 4. The maximum absolute atomic E-state index is 11.9. The predicted octanol–water partition coefficient (Wildman–Crippen LogP) is 1.82. The largest absolute Gasteiger partial charge is 0.491 e. The average Bonchev–Trinajstić information content (AvgIpc) is 3.31. The second-order valence-electron chi connectivity index (χ2n) is 8.01. The van der Waals surface area contributed by atoms with Gasteiger partial charge in [0.05, 0.1) is 31.6 Å². The number of nitrogens with zero attached hydrogens (tertiary/aromatic N) is 5. The molecule has 162 valence electrons. The van der Waals surface area contributed by atoms with Gasteiger partial charge in [0.2, 0.25) is 5.91 Å². The van der Waals surface area contributed by atoms with E-state index in [1.807, 2.05) is 4.90 Å². The zero-order chi connectivity index (χ0) is 21.4. The number of carbonyl (C=O) groups excluding carboxylic acids is 1. The number of fused-ring (bicyclic) bond motifs is 2. The first-order valence-corrected chi connectivity index (χ1v) is 10.8. The second kappa shape index (κ2) is 8.09. The average molecular weight is 422 g/mol. The van der Waals surface area contributed by atoms with Crippen molar-refractivity contribution in [3.05, 3.63) is 47.7 Å². The number of methoxy groups -OCH3 is 1. The summed E-state index contributed by atoms with van der Waals surface area (Å²) in [5, 5.41) is 0. The van der Waals surface area contributed by atoms with Crippen LogP contribution in [-0.4, -0.2) is 67.2 Å². The molecule has 0 bridgehead atoms. The molecule has 0 aliphatic carbocycles. The van der Waals surface area contributed by atoms with Crippen molar-refractivity contribution in [2.75, 3.05) is 56.2 Å². The number of carbonyl (C=O) groups is 1. The number of hydrogen-bond acceptors (Lipinski definition) is 7. The predicted molar refractivity (Wildman–Crippen MR) is 118 cm³/mol. The summed E-state index contributed by atoms with van der Waals surface area (Å²) in [7, 11) is 1.60. The molecular formula is C23H27N5O3. The summed E-state index contributed by atoms with van der Waals surface area (Å²) in [4.78, 5) is 27.7. The van der Waals surface area contributed by atoms with Gasteiger partial charge in [-0.05, 0) is 24.1 Å². The third kappa shape index (κ3) is 3.56. The van der Waals surface area contributed by atoms with E-state index in [-0.39, 0.29) is 5.91 Å². The Morgan fingerprint density at radius 3 is 2.74 bits per heavy atom. The Labute approximate surface area is 182 Å². The van der Waals surface area contributed by atoms with Crippen molar-refractivity contribution < 1.29 is 14.3 Å². The van der Waals surface area contributed by atoms with E-state index in [0.29, 0.717) is 25.6 Å². The van der Waals surface area contributed by atoms with Crippen molar-refractivity contribution in [2.45, 2.75) is 19.4 Å². The molecule has 8 heteroatoms. The van der Waals surface area contributed by atoms with Crippen LogP contribution in [0.5, 0.6) is 11.8 Å². The molecule has 0 unspecified atom stereocenters. The van der Waals surface area contributed by atoms with E-state index in [1.165, 1.54) is 17.2 Å². The van der Waals surface area contributed by atoms with Crippen molar-refractivity contribution in [1.82, 2.24) is 14.9 Å². The van der Waals surface area contributed by atoms with E-state index in [4.69, 9.17) is 19.4 Å². The van der Waals surface area contributed by atoms with Gasteiger partial charge >= 0.3 is 6.01 Å². The highest BCUT2D eigenvalue weighted by molar-refractivity contribution is 5.87. The zero-order valence-corrected chi connectivity index (χ0v) is 17.8. The van der Waals surface area contributed by atoms with Crippen LogP contribution in [-0.2, 0) is 24.2 Å². The highest BCUT2D eigenvalue weighted by Crippen LogP contribution is 2.39. The standard InChI is InChI=1S/C23H27N5O3/c1-3-20(29)26-10-12-27(13-11-26)22-17-7-9-28(15-18(17)24-23(25-22)30-2)19-6-4-5-16-8-14-31-21(16)19/h3-6H,1,7-15H2,2H3. The fraction of sp³-hybridized carbons (Fsp3) is 0.435. The molecule has 5 rings (SSSR count). The SMILES string of the molecule is C=CC(=O)N1CCN(c2nc(OC)nc3c2CCN(c2cccc4c2OCC4)C3)CC1. The fourth-order valence-electron chi connectivity index (χ4n) is 4.66. The maximum atomic E-state index is 11.9. The highest BCUT2D eigenvalue weighted by Gasteiger charge is 2.30. The van der Waals surface area contributed by atoms with Crippen molar-refractivity contribution >= 4 is 17.4 Å². The topological polar surface area (TPSA) is 71.0 Å². The van der Waals surface area contributed by atoms with Gasteiger partial charge in [-0.2, -0.15) is 9.97 Å². The molecule has 2 aromatic rings. The first-order valence-electron chi connectivity index (χ1n) is 10.8. The van der Waals surface area contributed by atoms with Crippen LogP contribution in [0.4, 0.5) is 11.5 Å². The summed E-state index contributed by atoms with van der Waals surface area (Å²) in [6.07, 6.45) is 3.20. The lowest BCUT2D eigenvalue weighted by atomic mass is 10.0. The van der Waals surface area contributed by atoms with Crippen LogP contribution in [0.1, 0.15) is 16.8 Å². The number of para-hydroxylation sites is 1. The van der Waals surface area contributed by atoms with E-state index in [9.17, 15) is 4.79 Å². The van der Waals surface area contributed by atoms with Crippen molar-refractivity contribution in [3.63, 3.8) is 0 Å². The van der Waals surface area contributed by atoms with Crippen molar-refractivity contribution in [1.29, 1.82) is 0 Å². The summed E-state index contributed by atoms with van der Waals surface area (Å²) < 4.78 is 11.4. The van der Waals surface area contributed by atoms with Gasteiger partial charge in [0, 0.05) is 44.7 Å². The quantitative estimate of drug-likeness (QED) is 0.698. The molecule has 3 aliphatic heterocycles. The monoisotopic (exact) mass is 421 g/mol. The van der Waals surface area contributed by atoms with Crippen LogP contribution in [0.15, 0.2) is 30.9 Å². The molecule has 0 spiro atoms. The van der Waals surface area contributed by atoms with Crippen LogP contribution >= 0.6 is 0 Å². The third-order valence-corrected chi connectivity index (χ3v) is 6.31. The summed E-state index contributed by atoms with van der Waals surface area (Å²) in [6, 6.07) is 6.76. The second-order valence-corrected chi connectivity index (χ2v) is 8.01. The molecule has 3 aliphatic rings. The molecule has 1 aromatic heterocycles. The Morgan fingerprint density at radius 1 is 1.13 bits per heavy atom. The van der Waals surface area contributed by atoms with Gasteiger partial charge in [0.15, 0.2) is 0 Å². The number of benzene rings is 1. The molecule has 8 nitrogen and oxygen atoms in total. The Morgan fingerprint density at radius 2 is 1.97 bits per heavy atom. The maximum Gasteiger partial charge on any atom is 0.318 e. The molecule has 0 radical (unpaired) electrons. The molecule has 0 atom stereocenters. The molecule has 1 aromatic carbocycles. The summed E-state index contributed by atoms with van der Waals surface area (Å²) in [5.41, 5.74) is 4.58. The van der Waals surface area contributed by atoms with E-state index >= 15 is 0 Å². The minimum atomic E-state index is -0.0183. The summed E-state index contributed by atoms with van der Waals surface area (Å²) in [6.45, 7) is 8.69. The summed E-state index contributed by atoms with van der Waals surface area (Å²) in [5.74, 6) is 1.92. The molecule has 1 saturated heterocycles. The van der Waals surface area contributed by atoms with Crippen LogP contribution in [0.3, 0.4) is 0 Å². The number of anilines is 2. The third-order valence-electron chi connectivity index (χ3n) is 6.31. The number of ether oxygens (including phenoxy) is 2. The van der Waals surface area contributed by atoms with Gasteiger partial charge < -0.3 is 24.2 Å². The number of hydrogen-bond donors (Lipinski definition) is 0. The van der Waals surface area contributed by atoms with Crippen LogP contribution in [0.2, 0.25) is 0 Å². The van der Waals surface area contributed by atoms with Crippen LogP contribution in [0, 0.1) is 0 Å². The molecule has 1 amide bonds. The molecular weight excluding hydrogens is 394 g/mol. The van der Waals surface area contributed by atoms with Gasteiger partial charge in [-0.1, -0.05) is 18.7 Å². The molecule has 31 heavy (non-hydrogen) atoms. The number of aromatic nitrogens is 2. The van der Waals surface area contributed by atoms with Gasteiger partial charge in [-0.15, -0.1) is 0 Å². The van der Waals surface area contributed by atoms with Gasteiger partial charge in [-0.25, -0.2) is 0 Å². The molecule has 4 heterocycles. The van der Waals surface area contributed by atoms with E-state index in [2.05, 4.69) is 34.6 Å². The first kappa shape index (κ1) is 19.7. The van der Waals surface area contributed by atoms with Crippen molar-refractivity contribution in [3.8, 4) is 11.8 Å². The van der Waals surface area contributed by atoms with Crippen LogP contribution < -0.4 is 19.3 Å². The minimum Gasteiger partial charge on any atom is -0.491 e. The van der Waals surface area contributed by atoms with Crippen molar-refractivity contribution in [2.24, 2.45) is 0 Å².